The van der Waals surface area contributed by atoms with Crippen molar-refractivity contribution in [2.24, 2.45) is 0 Å². The number of benzene rings is 1. The van der Waals surface area contributed by atoms with Gasteiger partial charge in [-0.3, -0.25) is 4.90 Å². The number of hydrogen-bond acceptors (Lipinski definition) is 3. The van der Waals surface area contributed by atoms with Crippen LogP contribution in [0.3, 0.4) is 0 Å². The Balaban J connectivity index is 1.90. The second kappa shape index (κ2) is 4.89. The van der Waals surface area contributed by atoms with Crippen molar-refractivity contribution in [3.8, 4) is 0 Å². The largest absolute Gasteiger partial charge is 0.385 e. The fourth-order valence-corrected chi connectivity index (χ4v) is 3.46. The second-order valence-corrected chi connectivity index (χ2v) is 6.00. The van der Waals surface area contributed by atoms with E-state index in [2.05, 4.69) is 43.1 Å². The average Bonchev–Trinajstić information content (AvgIpc) is 2.41. The van der Waals surface area contributed by atoms with Crippen LogP contribution in [0.25, 0.3) is 0 Å². The molecule has 0 radical (unpaired) electrons. The van der Waals surface area contributed by atoms with E-state index in [4.69, 9.17) is 4.74 Å². The smallest absolute Gasteiger partial charge is 0.0928 e. The van der Waals surface area contributed by atoms with Crippen molar-refractivity contribution >= 4 is 0 Å². The molecule has 2 aliphatic heterocycles. The van der Waals surface area contributed by atoms with Crippen molar-refractivity contribution in [1.29, 1.82) is 0 Å². The highest BCUT2D eigenvalue weighted by atomic mass is 16.5. The zero-order chi connectivity index (χ0) is 13.5. The highest BCUT2D eigenvalue weighted by Crippen LogP contribution is 2.40. The maximum Gasteiger partial charge on any atom is 0.0928 e. The van der Waals surface area contributed by atoms with Crippen LogP contribution < -0.4 is 0 Å². The normalized spacial score (nSPS) is 35.3. The van der Waals surface area contributed by atoms with E-state index in [1.54, 1.807) is 0 Å². The molecule has 2 atom stereocenters. The summed E-state index contributed by atoms with van der Waals surface area (Å²) in [5.74, 6) is 0. The number of rotatable bonds is 2. The van der Waals surface area contributed by atoms with E-state index in [-0.39, 0.29) is 0 Å². The van der Waals surface area contributed by atoms with Crippen LogP contribution in [-0.2, 0) is 16.8 Å². The Labute approximate surface area is 115 Å². The molecule has 104 valence electrons. The third-order valence-electron chi connectivity index (χ3n) is 4.79. The molecular formula is C16H23NO2. The standard InChI is InChI=1S/C16H23NO2/c1-3-12-5-4-6-13(7-12)16(18)8-14-10-19-11-15(9-16)17(14)2/h4-7,14-15,18H,3,8-11H2,1-2H3. The van der Waals surface area contributed by atoms with E-state index in [1.165, 1.54) is 5.56 Å². The number of piperidine rings is 1. The first-order valence-electron chi connectivity index (χ1n) is 7.24. The summed E-state index contributed by atoms with van der Waals surface area (Å²) < 4.78 is 5.63. The van der Waals surface area contributed by atoms with E-state index in [9.17, 15) is 5.11 Å². The molecule has 2 heterocycles. The molecule has 1 N–H and O–H groups in total. The van der Waals surface area contributed by atoms with Crippen LogP contribution in [-0.4, -0.2) is 42.4 Å². The molecule has 2 fully saturated rings. The van der Waals surface area contributed by atoms with Gasteiger partial charge in [0.1, 0.15) is 0 Å². The van der Waals surface area contributed by atoms with E-state index in [0.717, 1.165) is 38.0 Å². The third-order valence-corrected chi connectivity index (χ3v) is 4.79. The summed E-state index contributed by atoms with van der Waals surface area (Å²) in [6.45, 7) is 3.63. The Bertz CT molecular complexity index is 446. The Morgan fingerprint density at radius 3 is 2.63 bits per heavy atom. The van der Waals surface area contributed by atoms with Crippen LogP contribution in [0.15, 0.2) is 24.3 Å². The Morgan fingerprint density at radius 2 is 2.00 bits per heavy atom. The molecule has 0 spiro atoms. The van der Waals surface area contributed by atoms with Crippen LogP contribution in [0.1, 0.15) is 30.9 Å². The van der Waals surface area contributed by atoms with Gasteiger partial charge in [-0.25, -0.2) is 0 Å². The Morgan fingerprint density at radius 1 is 1.32 bits per heavy atom. The summed E-state index contributed by atoms with van der Waals surface area (Å²) in [6.07, 6.45) is 2.56. The highest BCUT2D eigenvalue weighted by Gasteiger charge is 2.45. The summed E-state index contributed by atoms with van der Waals surface area (Å²) in [6, 6.07) is 9.11. The molecule has 3 rings (SSSR count). The zero-order valence-corrected chi connectivity index (χ0v) is 11.8. The fraction of sp³-hybridized carbons (Fsp3) is 0.625. The van der Waals surface area contributed by atoms with Gasteiger partial charge in [0.2, 0.25) is 0 Å². The molecule has 0 saturated carbocycles. The predicted octanol–water partition coefficient (Wildman–Crippen LogP) is 1.93. The maximum absolute atomic E-state index is 11.1. The quantitative estimate of drug-likeness (QED) is 0.883. The van der Waals surface area contributed by atoms with Crippen LogP contribution >= 0.6 is 0 Å². The number of aliphatic hydroxyl groups is 1. The first-order chi connectivity index (χ1) is 9.12. The van der Waals surface area contributed by atoms with Crippen LogP contribution in [0.2, 0.25) is 0 Å². The molecule has 0 amide bonds. The minimum absolute atomic E-state index is 0.336. The average molecular weight is 261 g/mol. The summed E-state index contributed by atoms with van der Waals surface area (Å²) >= 11 is 0. The van der Waals surface area contributed by atoms with E-state index in [1.807, 2.05) is 0 Å². The molecule has 1 aromatic carbocycles. The van der Waals surface area contributed by atoms with Gasteiger partial charge >= 0.3 is 0 Å². The topological polar surface area (TPSA) is 32.7 Å². The van der Waals surface area contributed by atoms with Crippen LogP contribution in [0, 0.1) is 0 Å². The van der Waals surface area contributed by atoms with Crippen molar-refractivity contribution in [2.45, 2.75) is 43.9 Å². The number of fused-ring (bicyclic) bond motifs is 2. The van der Waals surface area contributed by atoms with Gasteiger partial charge in [-0.1, -0.05) is 31.2 Å². The van der Waals surface area contributed by atoms with Crippen molar-refractivity contribution in [1.82, 2.24) is 4.90 Å². The highest BCUT2D eigenvalue weighted by molar-refractivity contribution is 5.29. The number of nitrogens with zero attached hydrogens (tertiary/aromatic N) is 1. The molecule has 3 nitrogen and oxygen atoms in total. The molecule has 2 unspecified atom stereocenters. The molecule has 1 aromatic rings. The number of likely N-dealkylation sites (N-methyl/N-ethyl adjacent to an activating group) is 1. The molecule has 2 aliphatic rings. The van der Waals surface area contributed by atoms with Gasteiger partial charge in [-0.05, 0) is 37.4 Å². The lowest BCUT2D eigenvalue weighted by Crippen LogP contribution is -2.59. The number of aryl methyl sites for hydroxylation is 1. The minimum Gasteiger partial charge on any atom is -0.385 e. The molecule has 0 aromatic heterocycles. The van der Waals surface area contributed by atoms with Gasteiger partial charge in [0.15, 0.2) is 0 Å². The second-order valence-electron chi connectivity index (χ2n) is 6.00. The minimum atomic E-state index is -0.684. The lowest BCUT2D eigenvalue weighted by atomic mass is 9.77. The van der Waals surface area contributed by atoms with Crippen molar-refractivity contribution in [3.63, 3.8) is 0 Å². The number of ether oxygens (including phenoxy) is 1. The first kappa shape index (κ1) is 13.1. The van der Waals surface area contributed by atoms with Gasteiger partial charge in [0, 0.05) is 12.1 Å². The van der Waals surface area contributed by atoms with Gasteiger partial charge in [0.05, 0.1) is 18.8 Å². The summed E-state index contributed by atoms with van der Waals surface area (Å²) in [5, 5.41) is 11.1. The Hall–Kier alpha value is -0.900. The molecule has 3 heteroatoms. The van der Waals surface area contributed by atoms with Gasteiger partial charge < -0.3 is 9.84 Å². The van der Waals surface area contributed by atoms with Crippen molar-refractivity contribution in [2.75, 3.05) is 20.3 Å². The fourth-order valence-electron chi connectivity index (χ4n) is 3.46. The van der Waals surface area contributed by atoms with Gasteiger partial charge in [0.25, 0.3) is 0 Å². The maximum atomic E-state index is 11.1. The lowest BCUT2D eigenvalue weighted by molar-refractivity contribution is -0.137. The summed E-state index contributed by atoms with van der Waals surface area (Å²) in [7, 11) is 2.15. The van der Waals surface area contributed by atoms with E-state index < -0.39 is 5.60 Å². The van der Waals surface area contributed by atoms with E-state index >= 15 is 0 Å². The summed E-state index contributed by atoms with van der Waals surface area (Å²) in [4.78, 5) is 2.38. The monoisotopic (exact) mass is 261 g/mol. The molecule has 2 bridgehead atoms. The number of morpholine rings is 1. The number of hydrogen-bond donors (Lipinski definition) is 1. The van der Waals surface area contributed by atoms with Gasteiger partial charge in [-0.15, -0.1) is 0 Å². The summed E-state index contributed by atoms with van der Waals surface area (Å²) in [5.41, 5.74) is 1.69. The Kier molecular flexibility index (Phi) is 3.37. The zero-order valence-electron chi connectivity index (χ0n) is 11.8. The van der Waals surface area contributed by atoms with Crippen LogP contribution in [0.4, 0.5) is 0 Å². The van der Waals surface area contributed by atoms with Crippen molar-refractivity contribution in [3.05, 3.63) is 35.4 Å². The van der Waals surface area contributed by atoms with Crippen molar-refractivity contribution < 1.29 is 9.84 Å². The SMILES string of the molecule is CCc1cccc(C2(O)CC3COCC(C2)N3C)c1. The van der Waals surface area contributed by atoms with Crippen LogP contribution in [0.5, 0.6) is 0 Å². The molecule has 0 aliphatic carbocycles. The molecular weight excluding hydrogens is 238 g/mol. The predicted molar refractivity (Wildman–Crippen MR) is 75.1 cm³/mol. The van der Waals surface area contributed by atoms with E-state index in [0.29, 0.717) is 12.1 Å². The first-order valence-corrected chi connectivity index (χ1v) is 7.24. The molecule has 19 heavy (non-hydrogen) atoms. The molecule has 2 saturated heterocycles. The lowest BCUT2D eigenvalue weighted by Gasteiger charge is -2.50. The third kappa shape index (κ3) is 2.31. The van der Waals surface area contributed by atoms with Gasteiger partial charge in [-0.2, -0.15) is 0 Å².